The Morgan fingerprint density at radius 2 is 1.00 bits per heavy atom. The summed E-state index contributed by atoms with van der Waals surface area (Å²) in [6.07, 6.45) is -0.330. The molecule has 0 saturated carbocycles. The number of ether oxygens (including phenoxy) is 1. The van der Waals surface area contributed by atoms with Gasteiger partial charge in [-0.3, -0.25) is 14.3 Å². The van der Waals surface area contributed by atoms with Gasteiger partial charge in [0.05, 0.1) is 7.11 Å². The molecular formula is C27H46N12O13. The number of nitrogens with one attached hydrogen (secondary N) is 2. The number of methoxy groups -OCH3 is 1. The molecule has 0 radical (unpaired) electrons. The van der Waals surface area contributed by atoms with Crippen molar-refractivity contribution in [2.45, 2.75) is 13.3 Å². The van der Waals surface area contributed by atoms with Crippen molar-refractivity contribution in [3.8, 4) is 0 Å². The normalized spacial score (nSPS) is 11.4. The van der Waals surface area contributed by atoms with Crippen LogP contribution in [0.25, 0.3) is 0 Å². The van der Waals surface area contributed by atoms with Gasteiger partial charge in [-0.25, -0.2) is 85.9 Å². The standard InChI is InChI=1S/2C6H9N3O3.C6H12N2O2.C5H10N2O3.C4H6N2O2/c1-7-4-8(2)5(10)9(3)6(11)12-4;1-7-4(10)8(2)6(12)9(3)5(7)11;1-4-5(9)8(3)6(10)7-2;1-6-4(8)7(2)5(9)10-3;1-5-3(7)6(2)4(5)8/h2*1-3H3;4H2,1-3H3,(H,7,10);1-3H3,(H,6,8);1-2H3. The number of hydrogen-bond acceptors (Lipinski definition) is 14. The lowest BCUT2D eigenvalue weighted by Gasteiger charge is -2.32. The third-order valence-corrected chi connectivity index (χ3v) is 6.54. The topological polar surface area (TPSA) is 284 Å². The van der Waals surface area contributed by atoms with Gasteiger partial charge in [0.1, 0.15) is 0 Å². The SMILES string of the molecule is CCC(=O)N(C)C(=O)NC.CN1C(=O)N(C)C1=O.CN=c1oc(=O)n(C)c(=O)n1C.CNC(=O)N(C)C(=O)OC.Cn1c(=O)n(C)c(=O)n(C)c1=O. The van der Waals surface area contributed by atoms with E-state index in [0.717, 1.165) is 42.4 Å². The third kappa shape index (κ3) is 12.4. The summed E-state index contributed by atoms with van der Waals surface area (Å²) < 4.78 is 13.6. The van der Waals surface area contributed by atoms with Gasteiger partial charge < -0.3 is 19.8 Å². The zero-order chi connectivity index (χ0) is 41.4. The largest absolute Gasteiger partial charge is 0.452 e. The molecule has 0 aromatic carbocycles. The van der Waals surface area contributed by atoms with Gasteiger partial charge in [0, 0.05) is 91.0 Å². The molecule has 1 aliphatic heterocycles. The van der Waals surface area contributed by atoms with E-state index in [-0.39, 0.29) is 29.7 Å². The van der Waals surface area contributed by atoms with Crippen LogP contribution >= 0.6 is 0 Å². The van der Waals surface area contributed by atoms with Crippen molar-refractivity contribution in [1.29, 1.82) is 0 Å². The van der Waals surface area contributed by atoms with Gasteiger partial charge in [0.15, 0.2) is 0 Å². The van der Waals surface area contributed by atoms with Gasteiger partial charge in [0.2, 0.25) is 5.91 Å². The first-order valence-corrected chi connectivity index (χ1v) is 14.5. The quantitative estimate of drug-likeness (QED) is 0.285. The summed E-state index contributed by atoms with van der Waals surface area (Å²) in [5.74, 6) is -0.891. The van der Waals surface area contributed by atoms with Crippen molar-refractivity contribution < 1.29 is 37.9 Å². The molecule has 3 rings (SSSR count). The van der Waals surface area contributed by atoms with Crippen molar-refractivity contribution in [1.82, 2.24) is 53.1 Å². The second-order valence-electron chi connectivity index (χ2n) is 9.93. The van der Waals surface area contributed by atoms with E-state index in [9.17, 15) is 52.7 Å². The molecule has 2 N–H and O–H groups in total. The average Bonchev–Trinajstić information content (AvgIpc) is 3.17. The number of aromatic nitrogens is 5. The molecule has 1 fully saturated rings. The summed E-state index contributed by atoms with van der Waals surface area (Å²) in [5, 5.41) is 4.61. The fourth-order valence-electron chi connectivity index (χ4n) is 3.19. The van der Waals surface area contributed by atoms with Gasteiger partial charge in [0.25, 0.3) is 0 Å². The lowest BCUT2D eigenvalue weighted by Crippen LogP contribution is -2.59. The number of carbonyl (C=O) groups excluding carboxylic acids is 6. The van der Waals surface area contributed by atoms with Crippen LogP contribution in [0.4, 0.5) is 24.0 Å². The minimum atomic E-state index is -0.710. The monoisotopic (exact) mass is 746 g/mol. The Morgan fingerprint density at radius 3 is 1.29 bits per heavy atom. The Bertz CT molecular complexity index is 1800. The highest BCUT2D eigenvalue weighted by atomic mass is 16.5. The fraction of sp³-hybridized carbons (Fsp3) is 0.556. The van der Waals surface area contributed by atoms with Crippen LogP contribution in [0, 0.1) is 0 Å². The molecule has 0 aliphatic carbocycles. The summed E-state index contributed by atoms with van der Waals surface area (Å²) in [5.41, 5.74) is -2.26. The van der Waals surface area contributed by atoms with Crippen LogP contribution in [0.15, 0.2) is 33.4 Å². The van der Waals surface area contributed by atoms with Gasteiger partial charge >= 0.3 is 64.4 Å². The molecule has 292 valence electrons. The van der Waals surface area contributed by atoms with E-state index in [1.807, 2.05) is 0 Å². The van der Waals surface area contributed by atoms with Gasteiger partial charge in [-0.05, 0) is 0 Å². The summed E-state index contributed by atoms with van der Waals surface area (Å²) in [7, 11) is 18.0. The van der Waals surface area contributed by atoms with E-state index in [4.69, 9.17) is 0 Å². The second kappa shape index (κ2) is 21.5. The molecule has 1 aliphatic rings. The number of imide groups is 4. The molecule has 10 amide bonds. The van der Waals surface area contributed by atoms with E-state index >= 15 is 0 Å². The molecule has 0 bridgehead atoms. The van der Waals surface area contributed by atoms with E-state index in [2.05, 4.69) is 24.8 Å². The van der Waals surface area contributed by atoms with Gasteiger partial charge in [-0.2, -0.15) is 0 Å². The van der Waals surface area contributed by atoms with E-state index in [1.165, 1.54) is 91.7 Å². The van der Waals surface area contributed by atoms with Gasteiger partial charge in [-0.1, -0.05) is 6.92 Å². The summed E-state index contributed by atoms with van der Waals surface area (Å²) in [4.78, 5) is 126. The molecular weight excluding hydrogens is 700 g/mol. The summed E-state index contributed by atoms with van der Waals surface area (Å²) in [6.45, 7) is 1.71. The fourth-order valence-corrected chi connectivity index (χ4v) is 3.19. The molecule has 2 aromatic rings. The maximum absolute atomic E-state index is 11.2. The predicted octanol–water partition coefficient (Wildman–Crippen LogP) is -3.69. The highest BCUT2D eigenvalue weighted by Gasteiger charge is 2.36. The predicted molar refractivity (Wildman–Crippen MR) is 181 cm³/mol. The van der Waals surface area contributed by atoms with Crippen LogP contribution < -0.4 is 44.8 Å². The minimum absolute atomic E-state index is 0.0168. The van der Waals surface area contributed by atoms with Gasteiger partial charge in [-0.15, -0.1) is 0 Å². The highest BCUT2D eigenvalue weighted by molar-refractivity contribution is 6.11. The third-order valence-electron chi connectivity index (χ3n) is 6.54. The summed E-state index contributed by atoms with van der Waals surface area (Å²) in [6, 6.07) is -1.34. The van der Waals surface area contributed by atoms with Crippen molar-refractivity contribution in [3.63, 3.8) is 0 Å². The lowest BCUT2D eigenvalue weighted by atomic mass is 10.4. The Kier molecular flexibility index (Phi) is 19.7. The van der Waals surface area contributed by atoms with Crippen LogP contribution in [0.1, 0.15) is 13.3 Å². The molecule has 25 nitrogen and oxygen atoms in total. The van der Waals surface area contributed by atoms with Crippen LogP contribution in [0.2, 0.25) is 0 Å². The molecule has 52 heavy (non-hydrogen) atoms. The second-order valence-corrected chi connectivity index (χ2v) is 9.93. The molecule has 0 atom stereocenters. The molecule has 25 heteroatoms. The van der Waals surface area contributed by atoms with E-state index in [1.54, 1.807) is 6.92 Å². The minimum Gasteiger partial charge on any atom is -0.452 e. The molecule has 3 heterocycles. The number of rotatable bonds is 1. The van der Waals surface area contributed by atoms with E-state index < -0.39 is 40.6 Å². The summed E-state index contributed by atoms with van der Waals surface area (Å²) >= 11 is 0. The first kappa shape index (κ1) is 47.6. The number of hydrogen-bond donors (Lipinski definition) is 2. The zero-order valence-corrected chi connectivity index (χ0v) is 31.5. The number of amides is 10. The number of carbonyl (C=O) groups is 6. The first-order chi connectivity index (χ1) is 23.9. The Morgan fingerprint density at radius 1 is 0.654 bits per heavy atom. The van der Waals surface area contributed by atoms with Crippen LogP contribution in [0.3, 0.4) is 0 Å². The van der Waals surface area contributed by atoms with E-state index in [0.29, 0.717) is 6.42 Å². The van der Waals surface area contributed by atoms with Crippen molar-refractivity contribution in [2.75, 3.05) is 56.4 Å². The number of urea groups is 4. The number of nitrogens with zero attached hydrogens (tertiary/aromatic N) is 10. The maximum atomic E-state index is 11.2. The Balaban J connectivity index is 0. The molecule has 0 spiro atoms. The molecule has 0 unspecified atom stereocenters. The van der Waals surface area contributed by atoms with Crippen molar-refractivity contribution in [2.24, 2.45) is 40.2 Å². The van der Waals surface area contributed by atoms with Crippen LogP contribution in [0.5, 0.6) is 0 Å². The Labute approximate surface area is 295 Å². The van der Waals surface area contributed by atoms with Crippen LogP contribution in [-0.4, -0.2) is 135 Å². The first-order valence-electron chi connectivity index (χ1n) is 14.5. The molecule has 2 aromatic heterocycles. The van der Waals surface area contributed by atoms with Crippen molar-refractivity contribution >= 4 is 36.1 Å². The maximum Gasteiger partial charge on any atom is 0.425 e. The Hall–Kier alpha value is -6.56. The smallest absolute Gasteiger partial charge is 0.425 e. The van der Waals surface area contributed by atoms with Crippen LogP contribution in [-0.2, 0) is 44.8 Å². The zero-order valence-electron chi connectivity index (χ0n) is 31.5. The average molecular weight is 747 g/mol. The highest BCUT2D eigenvalue weighted by Crippen LogP contribution is 2.08. The lowest BCUT2D eigenvalue weighted by molar-refractivity contribution is -0.126. The molecule has 1 saturated heterocycles. The van der Waals surface area contributed by atoms with Crippen molar-refractivity contribution in [3.05, 3.63) is 58.2 Å².